The minimum Gasteiger partial charge on any atom is -0.349 e. The van der Waals surface area contributed by atoms with E-state index in [9.17, 15) is 10.1 Å². The van der Waals surface area contributed by atoms with E-state index >= 15 is 0 Å². The van der Waals surface area contributed by atoms with Crippen LogP contribution < -0.4 is 10.6 Å². The average Bonchev–Trinajstić information content (AvgIpc) is 2.38. The summed E-state index contributed by atoms with van der Waals surface area (Å²) in [6.07, 6.45) is 4.66. The van der Waals surface area contributed by atoms with Gasteiger partial charge in [-0.3, -0.25) is 10.1 Å². The summed E-state index contributed by atoms with van der Waals surface area (Å²) in [5.74, 6) is 0.827. The van der Waals surface area contributed by atoms with Crippen LogP contribution in [0.25, 0.3) is 0 Å². The average molecular weight is 264 g/mol. The summed E-state index contributed by atoms with van der Waals surface area (Å²) in [6.45, 7) is 4.61. The summed E-state index contributed by atoms with van der Waals surface area (Å²) < 4.78 is 0. The fourth-order valence-corrected chi connectivity index (χ4v) is 2.82. The molecule has 0 bridgehead atoms. The van der Waals surface area contributed by atoms with E-state index in [1.807, 2.05) is 6.92 Å². The fraction of sp³-hybridized carbons (Fsp3) is 0.615. The van der Waals surface area contributed by atoms with Crippen LogP contribution in [-0.2, 0) is 0 Å². The molecule has 2 N–H and O–H groups in total. The molecule has 2 rings (SSSR count). The van der Waals surface area contributed by atoms with Crippen molar-refractivity contribution in [3.05, 3.63) is 27.9 Å². The van der Waals surface area contributed by atoms with Gasteiger partial charge in [0, 0.05) is 24.7 Å². The summed E-state index contributed by atoms with van der Waals surface area (Å²) >= 11 is 0. The second-order valence-corrected chi connectivity index (χ2v) is 5.17. The maximum absolute atomic E-state index is 10.8. The first-order chi connectivity index (χ1) is 9.04. The number of nitrogens with zero attached hydrogens (tertiary/aromatic N) is 3. The highest BCUT2D eigenvalue weighted by atomic mass is 16.6. The molecule has 1 aromatic rings. The Bertz CT molecular complexity index is 478. The van der Waals surface area contributed by atoms with Crippen LogP contribution >= 0.6 is 0 Å². The van der Waals surface area contributed by atoms with E-state index < -0.39 is 4.92 Å². The number of anilines is 1. The van der Waals surface area contributed by atoms with Crippen LogP contribution in [0.1, 0.15) is 31.7 Å². The number of hydrogen-bond donors (Lipinski definition) is 1. The summed E-state index contributed by atoms with van der Waals surface area (Å²) in [7, 11) is 0. The molecule has 104 valence electrons. The van der Waals surface area contributed by atoms with Gasteiger partial charge in [0.1, 0.15) is 12.0 Å². The van der Waals surface area contributed by atoms with E-state index in [4.69, 9.17) is 5.73 Å². The zero-order valence-electron chi connectivity index (χ0n) is 11.4. The second-order valence-electron chi connectivity index (χ2n) is 5.17. The first kappa shape index (κ1) is 13.7. The summed E-state index contributed by atoms with van der Waals surface area (Å²) in [5, 5.41) is 10.8. The van der Waals surface area contributed by atoms with Gasteiger partial charge in [0.25, 0.3) is 5.69 Å². The largest absolute Gasteiger partial charge is 0.349 e. The van der Waals surface area contributed by atoms with Crippen LogP contribution in [0.3, 0.4) is 0 Å². The number of nitrogens with two attached hydrogens (primary N) is 1. The molecule has 1 saturated heterocycles. The standard InChI is InChI=1S/C13H20N4O2/c1-9-6-12(17(18)19)8-15-13(9)16-10(2)4-3-5-11(16)7-14/h6,8,10-11H,3-5,7,14H2,1-2H3. The van der Waals surface area contributed by atoms with Crippen LogP contribution in [0.4, 0.5) is 11.5 Å². The molecule has 0 saturated carbocycles. The molecular weight excluding hydrogens is 244 g/mol. The molecule has 0 aliphatic carbocycles. The summed E-state index contributed by atoms with van der Waals surface area (Å²) in [6, 6.07) is 2.23. The van der Waals surface area contributed by atoms with Crippen LogP contribution in [0.5, 0.6) is 0 Å². The third-order valence-electron chi connectivity index (χ3n) is 3.79. The number of nitro groups is 1. The van der Waals surface area contributed by atoms with Crippen molar-refractivity contribution in [2.24, 2.45) is 5.73 Å². The van der Waals surface area contributed by atoms with Crippen molar-refractivity contribution in [1.82, 2.24) is 4.98 Å². The van der Waals surface area contributed by atoms with Crippen molar-refractivity contribution in [3.8, 4) is 0 Å². The van der Waals surface area contributed by atoms with E-state index in [0.29, 0.717) is 12.6 Å². The predicted molar refractivity (Wildman–Crippen MR) is 74.3 cm³/mol. The number of rotatable bonds is 3. The molecule has 6 heteroatoms. The molecule has 0 radical (unpaired) electrons. The van der Waals surface area contributed by atoms with Crippen LogP contribution in [-0.4, -0.2) is 28.5 Å². The molecule has 1 fully saturated rings. The quantitative estimate of drug-likeness (QED) is 0.666. The van der Waals surface area contributed by atoms with Gasteiger partial charge in [-0.05, 0) is 38.7 Å². The van der Waals surface area contributed by atoms with Gasteiger partial charge in [-0.15, -0.1) is 0 Å². The van der Waals surface area contributed by atoms with E-state index in [2.05, 4.69) is 16.8 Å². The molecule has 1 aliphatic rings. The Kier molecular flexibility index (Phi) is 3.99. The lowest BCUT2D eigenvalue weighted by molar-refractivity contribution is -0.385. The smallest absolute Gasteiger partial charge is 0.287 e. The van der Waals surface area contributed by atoms with Crippen molar-refractivity contribution in [1.29, 1.82) is 0 Å². The predicted octanol–water partition coefficient (Wildman–Crippen LogP) is 2.00. The molecule has 2 atom stereocenters. The lowest BCUT2D eigenvalue weighted by Crippen LogP contribution is -2.49. The Labute approximate surface area is 112 Å². The molecule has 2 heterocycles. The van der Waals surface area contributed by atoms with Gasteiger partial charge in [0.15, 0.2) is 0 Å². The fourth-order valence-electron chi connectivity index (χ4n) is 2.82. The van der Waals surface area contributed by atoms with Gasteiger partial charge in [-0.2, -0.15) is 0 Å². The maximum Gasteiger partial charge on any atom is 0.287 e. The van der Waals surface area contributed by atoms with Gasteiger partial charge in [0.2, 0.25) is 0 Å². The Balaban J connectivity index is 2.36. The Morgan fingerprint density at radius 2 is 2.32 bits per heavy atom. The number of aromatic nitrogens is 1. The lowest BCUT2D eigenvalue weighted by Gasteiger charge is -2.41. The zero-order chi connectivity index (χ0) is 14.0. The summed E-state index contributed by atoms with van der Waals surface area (Å²) in [4.78, 5) is 16.9. The molecule has 0 aromatic carbocycles. The van der Waals surface area contributed by atoms with Gasteiger partial charge < -0.3 is 10.6 Å². The Morgan fingerprint density at radius 3 is 2.89 bits per heavy atom. The van der Waals surface area contributed by atoms with Crippen molar-refractivity contribution < 1.29 is 4.92 Å². The SMILES string of the molecule is Cc1cc([N+](=O)[O-])cnc1N1C(C)CCCC1CN. The van der Waals surface area contributed by atoms with Gasteiger partial charge in [0.05, 0.1) is 4.92 Å². The monoisotopic (exact) mass is 264 g/mol. The molecule has 1 aromatic heterocycles. The minimum atomic E-state index is -0.413. The Morgan fingerprint density at radius 1 is 1.58 bits per heavy atom. The number of aryl methyl sites for hydroxylation is 1. The molecule has 1 aliphatic heterocycles. The maximum atomic E-state index is 10.8. The van der Waals surface area contributed by atoms with Gasteiger partial charge >= 0.3 is 0 Å². The number of pyridine rings is 1. The second kappa shape index (κ2) is 5.52. The highest BCUT2D eigenvalue weighted by molar-refractivity contribution is 5.52. The van der Waals surface area contributed by atoms with E-state index in [1.54, 1.807) is 6.07 Å². The van der Waals surface area contributed by atoms with Crippen molar-refractivity contribution >= 4 is 11.5 Å². The molecule has 6 nitrogen and oxygen atoms in total. The number of hydrogen-bond acceptors (Lipinski definition) is 5. The zero-order valence-corrected chi connectivity index (χ0v) is 11.4. The topological polar surface area (TPSA) is 85.3 Å². The first-order valence-electron chi connectivity index (χ1n) is 6.64. The normalized spacial score (nSPS) is 23.4. The summed E-state index contributed by atoms with van der Waals surface area (Å²) in [5.41, 5.74) is 6.72. The van der Waals surface area contributed by atoms with Crippen molar-refractivity contribution in [3.63, 3.8) is 0 Å². The highest BCUT2D eigenvalue weighted by Crippen LogP contribution is 2.30. The van der Waals surface area contributed by atoms with Gasteiger partial charge in [-0.1, -0.05) is 0 Å². The van der Waals surface area contributed by atoms with E-state index in [1.165, 1.54) is 12.6 Å². The Hall–Kier alpha value is -1.69. The lowest BCUT2D eigenvalue weighted by atomic mass is 9.96. The third kappa shape index (κ3) is 2.68. The van der Waals surface area contributed by atoms with Crippen LogP contribution in [0, 0.1) is 17.0 Å². The van der Waals surface area contributed by atoms with Gasteiger partial charge in [-0.25, -0.2) is 4.98 Å². The van der Waals surface area contributed by atoms with Crippen molar-refractivity contribution in [2.75, 3.05) is 11.4 Å². The molecule has 0 amide bonds. The van der Waals surface area contributed by atoms with E-state index in [0.717, 1.165) is 24.2 Å². The first-order valence-corrected chi connectivity index (χ1v) is 6.64. The third-order valence-corrected chi connectivity index (χ3v) is 3.79. The highest BCUT2D eigenvalue weighted by Gasteiger charge is 2.29. The minimum absolute atomic E-state index is 0.0372. The molecule has 0 spiro atoms. The number of piperidine rings is 1. The molecule has 19 heavy (non-hydrogen) atoms. The van der Waals surface area contributed by atoms with Crippen LogP contribution in [0.2, 0.25) is 0 Å². The van der Waals surface area contributed by atoms with Crippen LogP contribution in [0.15, 0.2) is 12.3 Å². The molecule has 2 unspecified atom stereocenters. The molecular formula is C13H20N4O2. The van der Waals surface area contributed by atoms with Crippen molar-refractivity contribution in [2.45, 2.75) is 45.2 Å². The van der Waals surface area contributed by atoms with E-state index in [-0.39, 0.29) is 11.7 Å².